The third-order valence-electron chi connectivity index (χ3n) is 3.96. The Morgan fingerprint density at radius 2 is 2.10 bits per heavy atom. The molecule has 1 saturated heterocycles. The second kappa shape index (κ2) is 5.66. The first kappa shape index (κ1) is 13.8. The molecule has 0 atom stereocenters. The van der Waals surface area contributed by atoms with Crippen LogP contribution in [-0.4, -0.2) is 23.1 Å². The number of nitrogens with zero attached hydrogens (tertiary/aromatic N) is 1. The van der Waals surface area contributed by atoms with Gasteiger partial charge in [0.25, 0.3) is 5.56 Å². The Balaban J connectivity index is 1.98. The molecule has 1 aromatic heterocycles. The van der Waals surface area contributed by atoms with Crippen LogP contribution in [0.1, 0.15) is 24.2 Å². The molecule has 4 nitrogen and oxygen atoms in total. The fraction of sp³-hybridized carbons (Fsp3) is 0.467. The van der Waals surface area contributed by atoms with Crippen LogP contribution >= 0.6 is 15.9 Å². The zero-order chi connectivity index (χ0) is 14.1. The number of halogens is 1. The van der Waals surface area contributed by atoms with Crippen LogP contribution in [0.3, 0.4) is 0 Å². The van der Waals surface area contributed by atoms with Crippen LogP contribution in [0.2, 0.25) is 0 Å². The highest BCUT2D eigenvalue weighted by Crippen LogP contribution is 2.26. The SMILES string of the molecule is Cc1nc2cc(CC3CCNCC3)c(Br)cc2c(=O)[nH]1. The summed E-state index contributed by atoms with van der Waals surface area (Å²) in [6.45, 7) is 4.02. The quantitative estimate of drug-likeness (QED) is 0.886. The molecule has 0 saturated carbocycles. The van der Waals surface area contributed by atoms with E-state index < -0.39 is 0 Å². The summed E-state index contributed by atoms with van der Waals surface area (Å²) in [4.78, 5) is 19.1. The minimum absolute atomic E-state index is 0.0679. The van der Waals surface area contributed by atoms with Crippen LogP contribution in [0.4, 0.5) is 0 Å². The highest BCUT2D eigenvalue weighted by molar-refractivity contribution is 9.10. The van der Waals surface area contributed by atoms with E-state index in [2.05, 4.69) is 37.3 Å². The summed E-state index contributed by atoms with van der Waals surface area (Å²) in [5.74, 6) is 1.38. The number of hydrogen-bond acceptors (Lipinski definition) is 3. The summed E-state index contributed by atoms with van der Waals surface area (Å²) < 4.78 is 1.01. The number of H-pyrrole nitrogens is 1. The molecule has 0 bridgehead atoms. The fourth-order valence-electron chi connectivity index (χ4n) is 2.87. The molecule has 5 heteroatoms. The van der Waals surface area contributed by atoms with Crippen molar-refractivity contribution < 1.29 is 0 Å². The van der Waals surface area contributed by atoms with Gasteiger partial charge in [0.2, 0.25) is 0 Å². The third-order valence-corrected chi connectivity index (χ3v) is 4.70. The molecule has 2 N–H and O–H groups in total. The second-order valence-corrected chi connectivity index (χ2v) is 6.36. The normalized spacial score (nSPS) is 16.7. The Morgan fingerprint density at radius 1 is 1.35 bits per heavy atom. The summed E-state index contributed by atoms with van der Waals surface area (Å²) in [5.41, 5.74) is 1.97. The van der Waals surface area contributed by atoms with Gasteiger partial charge in [0, 0.05) is 4.47 Å². The molecule has 2 heterocycles. The first-order chi connectivity index (χ1) is 9.63. The van der Waals surface area contributed by atoms with E-state index >= 15 is 0 Å². The molecule has 3 rings (SSSR count). The van der Waals surface area contributed by atoms with E-state index in [9.17, 15) is 4.79 Å². The van der Waals surface area contributed by atoms with Crippen LogP contribution in [0.5, 0.6) is 0 Å². The molecule has 0 aliphatic carbocycles. The summed E-state index contributed by atoms with van der Waals surface area (Å²) in [6, 6.07) is 3.96. The Bertz CT molecular complexity index is 689. The lowest BCUT2D eigenvalue weighted by atomic mass is 9.91. The molecule has 20 heavy (non-hydrogen) atoms. The Morgan fingerprint density at radius 3 is 2.85 bits per heavy atom. The number of piperidine rings is 1. The van der Waals surface area contributed by atoms with Gasteiger partial charge in [-0.25, -0.2) is 4.98 Å². The number of rotatable bonds is 2. The standard InChI is InChI=1S/C15H18BrN3O/c1-9-18-14-7-11(6-10-2-4-17-5-3-10)13(16)8-12(14)15(20)19-9/h7-8,10,17H,2-6H2,1H3,(H,18,19,20). The van der Waals surface area contributed by atoms with E-state index in [0.717, 1.165) is 29.5 Å². The number of aromatic nitrogens is 2. The molecule has 0 radical (unpaired) electrons. The van der Waals surface area contributed by atoms with Gasteiger partial charge in [0.05, 0.1) is 10.9 Å². The maximum absolute atomic E-state index is 11.9. The molecular weight excluding hydrogens is 318 g/mol. The van der Waals surface area contributed by atoms with Crippen LogP contribution in [0.25, 0.3) is 10.9 Å². The lowest BCUT2D eigenvalue weighted by Crippen LogP contribution is -2.28. The first-order valence-electron chi connectivity index (χ1n) is 7.03. The largest absolute Gasteiger partial charge is 0.317 e. The fourth-order valence-corrected chi connectivity index (χ4v) is 3.38. The first-order valence-corrected chi connectivity index (χ1v) is 7.82. The van der Waals surface area contributed by atoms with Gasteiger partial charge in [-0.3, -0.25) is 4.79 Å². The Labute approximate surface area is 126 Å². The number of aromatic amines is 1. The molecule has 0 unspecified atom stereocenters. The zero-order valence-corrected chi connectivity index (χ0v) is 13.1. The minimum Gasteiger partial charge on any atom is -0.317 e. The number of aryl methyl sites for hydroxylation is 1. The van der Waals surface area contributed by atoms with Crippen molar-refractivity contribution in [3.05, 3.63) is 38.3 Å². The van der Waals surface area contributed by atoms with Crippen molar-refractivity contribution >= 4 is 26.8 Å². The molecule has 2 aromatic rings. The maximum Gasteiger partial charge on any atom is 0.258 e. The predicted octanol–water partition coefficient (Wildman–Crippen LogP) is 2.54. The Hall–Kier alpha value is -1.20. The molecule has 1 aromatic carbocycles. The lowest BCUT2D eigenvalue weighted by Gasteiger charge is -2.23. The smallest absolute Gasteiger partial charge is 0.258 e. The van der Waals surface area contributed by atoms with Crippen molar-refractivity contribution in [2.45, 2.75) is 26.2 Å². The molecule has 1 aliphatic rings. The average Bonchev–Trinajstić information content (AvgIpc) is 2.42. The van der Waals surface area contributed by atoms with Gasteiger partial charge in [-0.1, -0.05) is 15.9 Å². The topological polar surface area (TPSA) is 57.8 Å². The van der Waals surface area contributed by atoms with E-state index in [-0.39, 0.29) is 5.56 Å². The zero-order valence-electron chi connectivity index (χ0n) is 11.5. The van der Waals surface area contributed by atoms with Crippen LogP contribution < -0.4 is 10.9 Å². The van der Waals surface area contributed by atoms with Crippen molar-refractivity contribution in [3.8, 4) is 0 Å². The third kappa shape index (κ3) is 2.79. The summed E-state index contributed by atoms with van der Waals surface area (Å²) in [6.07, 6.45) is 3.48. The van der Waals surface area contributed by atoms with Gasteiger partial charge >= 0.3 is 0 Å². The summed E-state index contributed by atoms with van der Waals surface area (Å²) >= 11 is 3.60. The second-order valence-electron chi connectivity index (χ2n) is 5.51. The van der Waals surface area contributed by atoms with Gasteiger partial charge < -0.3 is 10.3 Å². The van der Waals surface area contributed by atoms with Gasteiger partial charge in [0.15, 0.2) is 0 Å². The molecule has 0 amide bonds. The molecule has 106 valence electrons. The molecule has 1 aliphatic heterocycles. The molecule has 0 spiro atoms. The van der Waals surface area contributed by atoms with Crippen LogP contribution in [0.15, 0.2) is 21.4 Å². The number of nitrogens with one attached hydrogen (secondary N) is 2. The van der Waals surface area contributed by atoms with Crippen molar-refractivity contribution in [1.82, 2.24) is 15.3 Å². The van der Waals surface area contributed by atoms with Crippen LogP contribution in [-0.2, 0) is 6.42 Å². The van der Waals surface area contributed by atoms with E-state index in [4.69, 9.17) is 0 Å². The number of hydrogen-bond donors (Lipinski definition) is 2. The average molecular weight is 336 g/mol. The van der Waals surface area contributed by atoms with E-state index in [1.54, 1.807) is 0 Å². The number of benzene rings is 1. The molecule has 1 fully saturated rings. The van der Waals surface area contributed by atoms with Gasteiger partial charge in [-0.2, -0.15) is 0 Å². The van der Waals surface area contributed by atoms with Gasteiger partial charge in [0.1, 0.15) is 5.82 Å². The van der Waals surface area contributed by atoms with Gasteiger partial charge in [-0.05, 0) is 62.9 Å². The minimum atomic E-state index is -0.0679. The monoisotopic (exact) mass is 335 g/mol. The lowest BCUT2D eigenvalue weighted by molar-refractivity contribution is 0.372. The van der Waals surface area contributed by atoms with E-state index in [1.165, 1.54) is 18.4 Å². The van der Waals surface area contributed by atoms with E-state index in [0.29, 0.717) is 17.1 Å². The van der Waals surface area contributed by atoms with Gasteiger partial charge in [-0.15, -0.1) is 0 Å². The highest BCUT2D eigenvalue weighted by atomic mass is 79.9. The number of fused-ring (bicyclic) bond motifs is 1. The van der Waals surface area contributed by atoms with Crippen LogP contribution in [0, 0.1) is 12.8 Å². The van der Waals surface area contributed by atoms with Crippen molar-refractivity contribution in [1.29, 1.82) is 0 Å². The van der Waals surface area contributed by atoms with E-state index in [1.807, 2.05) is 13.0 Å². The Kier molecular flexibility index (Phi) is 3.89. The highest BCUT2D eigenvalue weighted by Gasteiger charge is 2.16. The van der Waals surface area contributed by atoms with Crippen molar-refractivity contribution in [2.75, 3.05) is 13.1 Å². The summed E-state index contributed by atoms with van der Waals surface area (Å²) in [7, 11) is 0. The molecular formula is C15H18BrN3O. The summed E-state index contributed by atoms with van der Waals surface area (Å²) in [5, 5.41) is 4.04. The predicted molar refractivity (Wildman–Crippen MR) is 84.1 cm³/mol. The van der Waals surface area contributed by atoms with Crippen molar-refractivity contribution in [3.63, 3.8) is 0 Å². The van der Waals surface area contributed by atoms with Crippen molar-refractivity contribution in [2.24, 2.45) is 5.92 Å². The maximum atomic E-state index is 11.9.